The van der Waals surface area contributed by atoms with E-state index in [1.54, 1.807) is 42.5 Å². The predicted molar refractivity (Wildman–Crippen MR) is 70.3 cm³/mol. The molecule has 1 aliphatic carbocycles. The zero-order chi connectivity index (χ0) is 13.1. The van der Waals surface area contributed by atoms with Crippen molar-refractivity contribution in [2.75, 3.05) is 0 Å². The Morgan fingerprint density at radius 3 is 2.89 bits per heavy atom. The molecule has 0 spiro atoms. The number of rotatable bonds is 2. The highest BCUT2D eigenvalue weighted by molar-refractivity contribution is 6.39. The monoisotopic (exact) mass is 237 g/mol. The standard InChI is InChI=1S/C15H11NO2/c1-3-4-6-11-10(2)14-12(7-5-8-16-14)13(9-17)15(11)18/h3-8H,1H2,2H3/b6-4-. The lowest BCUT2D eigenvalue weighted by Gasteiger charge is -2.17. The minimum Gasteiger partial charge on any atom is -0.288 e. The predicted octanol–water partition coefficient (Wildman–Crippen LogP) is 2.39. The van der Waals surface area contributed by atoms with E-state index in [4.69, 9.17) is 0 Å². The molecule has 0 radical (unpaired) electrons. The van der Waals surface area contributed by atoms with Crippen LogP contribution in [-0.2, 0) is 9.59 Å². The van der Waals surface area contributed by atoms with Gasteiger partial charge < -0.3 is 0 Å². The first kappa shape index (κ1) is 12.0. The van der Waals surface area contributed by atoms with Crippen LogP contribution in [0.15, 0.2) is 48.7 Å². The van der Waals surface area contributed by atoms with E-state index in [0.717, 1.165) is 5.57 Å². The maximum atomic E-state index is 12.2. The molecule has 2 rings (SSSR count). The summed E-state index contributed by atoms with van der Waals surface area (Å²) in [7, 11) is 0. The van der Waals surface area contributed by atoms with Crippen LogP contribution in [0.5, 0.6) is 0 Å². The Morgan fingerprint density at radius 2 is 2.22 bits per heavy atom. The molecule has 0 fully saturated rings. The maximum absolute atomic E-state index is 12.2. The third kappa shape index (κ3) is 1.77. The Labute approximate surface area is 105 Å². The molecular formula is C15H11NO2. The summed E-state index contributed by atoms with van der Waals surface area (Å²) in [6.07, 6.45) is 6.51. The van der Waals surface area contributed by atoms with Crippen molar-refractivity contribution in [1.29, 1.82) is 0 Å². The number of ketones is 1. The van der Waals surface area contributed by atoms with E-state index in [1.165, 1.54) is 0 Å². The van der Waals surface area contributed by atoms with Crippen molar-refractivity contribution >= 4 is 22.9 Å². The Balaban J connectivity index is 2.76. The summed E-state index contributed by atoms with van der Waals surface area (Å²) in [5.74, 6) is 1.40. The Hall–Kier alpha value is -2.51. The summed E-state index contributed by atoms with van der Waals surface area (Å²) in [4.78, 5) is 27.4. The fourth-order valence-electron chi connectivity index (χ4n) is 1.93. The van der Waals surface area contributed by atoms with Crippen LogP contribution in [-0.4, -0.2) is 16.7 Å². The summed E-state index contributed by atoms with van der Waals surface area (Å²) < 4.78 is 0. The number of pyridine rings is 1. The molecule has 0 aliphatic heterocycles. The molecule has 18 heavy (non-hydrogen) atoms. The minimum atomic E-state index is -0.318. The van der Waals surface area contributed by atoms with E-state index < -0.39 is 0 Å². The molecule has 0 unspecified atom stereocenters. The van der Waals surface area contributed by atoms with Crippen LogP contribution in [0, 0.1) is 0 Å². The number of carbonyl (C=O) groups is 1. The van der Waals surface area contributed by atoms with Gasteiger partial charge in [-0.1, -0.05) is 24.8 Å². The second-order valence-corrected chi connectivity index (χ2v) is 3.84. The number of allylic oxidation sites excluding steroid dienone is 6. The fourth-order valence-corrected chi connectivity index (χ4v) is 1.93. The number of Topliss-reactive ketones (excluding diaryl/α,β-unsaturated/α-hetero) is 1. The molecule has 0 aromatic carbocycles. The van der Waals surface area contributed by atoms with Crippen LogP contribution < -0.4 is 0 Å². The van der Waals surface area contributed by atoms with Gasteiger partial charge in [0, 0.05) is 17.3 Å². The van der Waals surface area contributed by atoms with E-state index >= 15 is 0 Å². The van der Waals surface area contributed by atoms with Crippen molar-refractivity contribution in [1.82, 2.24) is 4.98 Å². The number of hydrogen-bond acceptors (Lipinski definition) is 3. The van der Waals surface area contributed by atoms with Crippen LogP contribution in [0.4, 0.5) is 0 Å². The lowest BCUT2D eigenvalue weighted by atomic mass is 9.85. The van der Waals surface area contributed by atoms with Crippen LogP contribution in [0.3, 0.4) is 0 Å². The lowest BCUT2D eigenvalue weighted by Crippen LogP contribution is -2.14. The first-order valence-corrected chi connectivity index (χ1v) is 5.46. The summed E-state index contributed by atoms with van der Waals surface area (Å²) in [6, 6.07) is 3.40. The molecule has 1 aromatic rings. The van der Waals surface area contributed by atoms with E-state index in [-0.39, 0.29) is 11.4 Å². The molecule has 3 heteroatoms. The van der Waals surface area contributed by atoms with Crippen LogP contribution in [0.2, 0.25) is 0 Å². The number of hydrogen-bond donors (Lipinski definition) is 0. The normalized spacial score (nSPS) is 14.7. The quantitative estimate of drug-likeness (QED) is 0.451. The van der Waals surface area contributed by atoms with Crippen LogP contribution in [0.1, 0.15) is 18.2 Å². The average molecular weight is 237 g/mol. The molecule has 0 amide bonds. The Bertz CT molecular complexity index is 644. The van der Waals surface area contributed by atoms with Gasteiger partial charge in [-0.2, -0.15) is 0 Å². The Kier molecular flexibility index (Phi) is 3.18. The van der Waals surface area contributed by atoms with Crippen molar-refractivity contribution in [2.45, 2.75) is 6.92 Å². The highest BCUT2D eigenvalue weighted by Crippen LogP contribution is 2.33. The Morgan fingerprint density at radius 1 is 1.44 bits per heavy atom. The minimum absolute atomic E-state index is 0.0346. The number of fused-ring (bicyclic) bond motifs is 1. The molecule has 3 nitrogen and oxygen atoms in total. The zero-order valence-electron chi connectivity index (χ0n) is 9.93. The summed E-state index contributed by atoms with van der Waals surface area (Å²) in [5, 5.41) is 0. The maximum Gasteiger partial charge on any atom is 0.205 e. The molecule has 1 aromatic heterocycles. The largest absolute Gasteiger partial charge is 0.288 e. The molecule has 0 N–H and O–H groups in total. The molecule has 0 atom stereocenters. The molecule has 1 aliphatic rings. The van der Waals surface area contributed by atoms with Crippen LogP contribution in [0.25, 0.3) is 11.1 Å². The highest BCUT2D eigenvalue weighted by Gasteiger charge is 2.27. The van der Waals surface area contributed by atoms with Gasteiger partial charge in [0.25, 0.3) is 0 Å². The molecule has 0 saturated heterocycles. The SMILES string of the molecule is C=C/C=C\C1=C(C)c2ncccc2C(=C=O)C1=O. The van der Waals surface area contributed by atoms with Gasteiger partial charge in [0.15, 0.2) is 0 Å². The van der Waals surface area contributed by atoms with Gasteiger partial charge in [-0.25, -0.2) is 4.79 Å². The van der Waals surface area contributed by atoms with Gasteiger partial charge in [0.05, 0.1) is 5.69 Å². The van der Waals surface area contributed by atoms with E-state index in [0.29, 0.717) is 16.8 Å². The fraction of sp³-hybridized carbons (Fsp3) is 0.0667. The summed E-state index contributed by atoms with van der Waals surface area (Å²) in [5.41, 5.74) is 2.45. The van der Waals surface area contributed by atoms with Gasteiger partial charge >= 0.3 is 0 Å². The van der Waals surface area contributed by atoms with Gasteiger partial charge in [-0.05, 0) is 24.6 Å². The number of carbonyl (C=O) groups excluding carboxylic acids is 2. The van der Waals surface area contributed by atoms with Crippen molar-refractivity contribution < 1.29 is 9.59 Å². The van der Waals surface area contributed by atoms with Gasteiger partial charge in [0.1, 0.15) is 11.5 Å². The molecule has 0 saturated carbocycles. The number of aromatic nitrogens is 1. The summed E-state index contributed by atoms with van der Waals surface area (Å²) in [6.45, 7) is 5.37. The molecular weight excluding hydrogens is 226 g/mol. The van der Waals surface area contributed by atoms with Gasteiger partial charge in [-0.3, -0.25) is 9.78 Å². The van der Waals surface area contributed by atoms with Gasteiger partial charge in [-0.15, -0.1) is 0 Å². The molecule has 88 valence electrons. The highest BCUT2D eigenvalue weighted by atomic mass is 16.1. The zero-order valence-corrected chi connectivity index (χ0v) is 9.93. The van der Waals surface area contributed by atoms with Crippen molar-refractivity contribution in [3.05, 3.63) is 60.0 Å². The third-order valence-electron chi connectivity index (χ3n) is 2.81. The van der Waals surface area contributed by atoms with Crippen LogP contribution >= 0.6 is 0 Å². The lowest BCUT2D eigenvalue weighted by molar-refractivity contribution is -0.110. The second-order valence-electron chi connectivity index (χ2n) is 3.84. The van der Waals surface area contributed by atoms with Gasteiger partial charge in [0.2, 0.25) is 5.78 Å². The van der Waals surface area contributed by atoms with E-state index in [1.807, 2.05) is 6.92 Å². The first-order valence-electron chi connectivity index (χ1n) is 5.46. The molecule has 1 heterocycles. The van der Waals surface area contributed by atoms with Crippen molar-refractivity contribution in [3.63, 3.8) is 0 Å². The second kappa shape index (κ2) is 4.78. The summed E-state index contributed by atoms with van der Waals surface area (Å²) >= 11 is 0. The number of nitrogens with zero attached hydrogens (tertiary/aromatic N) is 1. The smallest absolute Gasteiger partial charge is 0.205 e. The van der Waals surface area contributed by atoms with Crippen molar-refractivity contribution in [2.24, 2.45) is 0 Å². The van der Waals surface area contributed by atoms with Crippen molar-refractivity contribution in [3.8, 4) is 0 Å². The molecule has 0 bridgehead atoms. The topological polar surface area (TPSA) is 47.0 Å². The third-order valence-corrected chi connectivity index (χ3v) is 2.81. The van der Waals surface area contributed by atoms with E-state index in [9.17, 15) is 9.59 Å². The first-order chi connectivity index (χ1) is 8.70. The van der Waals surface area contributed by atoms with E-state index in [2.05, 4.69) is 11.6 Å². The average Bonchev–Trinajstić information content (AvgIpc) is 2.39.